The van der Waals surface area contributed by atoms with Gasteiger partial charge in [0.1, 0.15) is 0 Å². The van der Waals surface area contributed by atoms with Crippen molar-refractivity contribution in [3.8, 4) is 11.2 Å². The monoisotopic (exact) mass is 292 g/mol. The van der Waals surface area contributed by atoms with Gasteiger partial charge in [-0.2, -0.15) is 0 Å². The minimum atomic E-state index is -3.25. The fourth-order valence-corrected chi connectivity index (χ4v) is 1.53. The van der Waals surface area contributed by atoms with E-state index in [9.17, 15) is 8.42 Å². The fraction of sp³-hybridized carbons (Fsp3) is 0.111. The van der Waals surface area contributed by atoms with Gasteiger partial charge in [-0.15, -0.1) is 0 Å². The lowest BCUT2D eigenvalue weighted by Gasteiger charge is -1.94. The molecule has 0 bridgehead atoms. The first-order valence-corrected chi connectivity index (χ1v) is 6.62. The van der Waals surface area contributed by atoms with Gasteiger partial charge >= 0.3 is 0 Å². The summed E-state index contributed by atoms with van der Waals surface area (Å²) in [6.45, 7) is 0. The predicted octanol–water partition coefficient (Wildman–Crippen LogP) is 2.46. The molecule has 0 spiro atoms. The Morgan fingerprint density at radius 1 is 1.43 bits per heavy atom. The predicted molar refractivity (Wildman–Crippen MR) is 60.9 cm³/mol. The summed E-state index contributed by atoms with van der Waals surface area (Å²) in [7, 11) is -3.25. The van der Waals surface area contributed by atoms with Crippen molar-refractivity contribution in [1.82, 2.24) is 0 Å². The molecule has 0 radical (unpaired) electrons. The Morgan fingerprint density at radius 3 is 2.57 bits per heavy atom. The summed E-state index contributed by atoms with van der Waals surface area (Å²) in [5.41, 5.74) is 0.603. The zero-order chi connectivity index (χ0) is 10.8. The van der Waals surface area contributed by atoms with Crippen molar-refractivity contribution < 1.29 is 8.42 Å². The second-order valence-corrected chi connectivity index (χ2v) is 5.64. The van der Waals surface area contributed by atoms with Crippen molar-refractivity contribution in [3.05, 3.63) is 33.3 Å². The summed E-state index contributed by atoms with van der Waals surface area (Å²) in [6.07, 6.45) is 1.06. The molecular weight excluding hydrogens is 288 g/mol. The molecule has 0 saturated heterocycles. The Balaban J connectivity index is 3.10. The number of rotatable bonds is 0. The van der Waals surface area contributed by atoms with Crippen molar-refractivity contribution in [1.29, 1.82) is 0 Å². The van der Waals surface area contributed by atoms with Gasteiger partial charge in [-0.05, 0) is 40.0 Å². The molecule has 0 saturated carbocycles. The zero-order valence-corrected chi connectivity index (χ0v) is 10.4. The molecule has 0 aliphatic rings. The van der Waals surface area contributed by atoms with Crippen molar-refractivity contribution in [2.75, 3.05) is 6.26 Å². The molecule has 74 valence electrons. The van der Waals surface area contributed by atoms with Crippen molar-refractivity contribution in [3.63, 3.8) is 0 Å². The molecule has 0 amide bonds. The Morgan fingerprint density at radius 2 is 2.07 bits per heavy atom. The molecule has 14 heavy (non-hydrogen) atoms. The molecular formula is C9H6BrClO2S. The third kappa shape index (κ3) is 3.70. The summed E-state index contributed by atoms with van der Waals surface area (Å²) in [4.78, 5) is 0. The zero-order valence-electron chi connectivity index (χ0n) is 7.21. The van der Waals surface area contributed by atoms with E-state index in [0.717, 1.165) is 6.26 Å². The van der Waals surface area contributed by atoms with Crippen LogP contribution in [0.3, 0.4) is 0 Å². The van der Waals surface area contributed by atoms with Crippen LogP contribution in [0.5, 0.6) is 0 Å². The number of hydrogen-bond donors (Lipinski definition) is 0. The molecule has 0 heterocycles. The van der Waals surface area contributed by atoms with Gasteiger partial charge in [-0.1, -0.05) is 11.6 Å². The average molecular weight is 294 g/mol. The van der Waals surface area contributed by atoms with E-state index in [-0.39, 0.29) is 0 Å². The van der Waals surface area contributed by atoms with E-state index < -0.39 is 9.84 Å². The quantitative estimate of drug-likeness (QED) is 0.689. The van der Waals surface area contributed by atoms with E-state index in [1.54, 1.807) is 18.2 Å². The third-order valence-electron chi connectivity index (χ3n) is 1.30. The maximum absolute atomic E-state index is 10.7. The Kier molecular flexibility index (Phi) is 3.59. The average Bonchev–Trinajstić information content (AvgIpc) is 2.06. The maximum atomic E-state index is 10.7. The largest absolute Gasteiger partial charge is 0.216 e. The van der Waals surface area contributed by atoms with Gasteiger partial charge in [-0.25, -0.2) is 8.42 Å². The second-order valence-electron chi connectivity index (χ2n) is 2.63. The highest BCUT2D eigenvalue weighted by molar-refractivity contribution is 9.10. The molecule has 0 fully saturated rings. The highest BCUT2D eigenvalue weighted by atomic mass is 79.9. The Bertz CT molecular complexity index is 511. The smallest absolute Gasteiger partial charge is 0.214 e. The van der Waals surface area contributed by atoms with Crippen LogP contribution < -0.4 is 0 Å². The van der Waals surface area contributed by atoms with Gasteiger partial charge in [0.15, 0.2) is 0 Å². The minimum Gasteiger partial charge on any atom is -0.216 e. The highest BCUT2D eigenvalue weighted by Crippen LogP contribution is 2.22. The van der Waals surface area contributed by atoms with Crippen LogP contribution in [-0.4, -0.2) is 14.7 Å². The van der Waals surface area contributed by atoms with Crippen molar-refractivity contribution >= 4 is 37.4 Å². The van der Waals surface area contributed by atoms with Crippen LogP contribution in [0.15, 0.2) is 22.7 Å². The summed E-state index contributed by atoms with van der Waals surface area (Å²) >= 11 is 8.97. The molecule has 1 rings (SSSR count). The molecule has 5 heteroatoms. The van der Waals surface area contributed by atoms with Crippen LogP contribution in [0.4, 0.5) is 0 Å². The number of sulfone groups is 1. The van der Waals surface area contributed by atoms with Gasteiger partial charge in [0, 0.05) is 15.3 Å². The van der Waals surface area contributed by atoms with Crippen LogP contribution in [0, 0.1) is 11.2 Å². The molecule has 2 nitrogen and oxygen atoms in total. The lowest BCUT2D eigenvalue weighted by molar-refractivity contribution is 0.611. The van der Waals surface area contributed by atoms with Gasteiger partial charge in [0.25, 0.3) is 0 Å². The molecule has 0 aliphatic carbocycles. The van der Waals surface area contributed by atoms with E-state index in [0.29, 0.717) is 15.1 Å². The first kappa shape index (κ1) is 11.6. The topological polar surface area (TPSA) is 34.1 Å². The summed E-state index contributed by atoms with van der Waals surface area (Å²) in [6, 6.07) is 4.98. The molecule has 0 unspecified atom stereocenters. The Labute approximate surface area is 96.3 Å². The normalized spacial score (nSPS) is 10.5. The molecule has 0 aromatic heterocycles. The van der Waals surface area contributed by atoms with Crippen LogP contribution in [0.2, 0.25) is 5.02 Å². The van der Waals surface area contributed by atoms with Gasteiger partial charge < -0.3 is 0 Å². The number of hydrogen-bond acceptors (Lipinski definition) is 2. The molecule has 1 aromatic carbocycles. The fourth-order valence-electron chi connectivity index (χ4n) is 0.726. The summed E-state index contributed by atoms with van der Waals surface area (Å²) in [5.74, 6) is 2.53. The second kappa shape index (κ2) is 4.35. The number of benzene rings is 1. The lowest BCUT2D eigenvalue weighted by Crippen LogP contribution is -1.89. The number of halogens is 2. The van der Waals surface area contributed by atoms with Crippen LogP contribution in [0.1, 0.15) is 5.56 Å². The third-order valence-corrected chi connectivity index (χ3v) is 2.99. The molecule has 1 aromatic rings. The Hall–Kier alpha value is -0.500. The van der Waals surface area contributed by atoms with E-state index >= 15 is 0 Å². The van der Waals surface area contributed by atoms with Gasteiger partial charge in [0.2, 0.25) is 9.84 Å². The van der Waals surface area contributed by atoms with Crippen molar-refractivity contribution in [2.45, 2.75) is 0 Å². The van der Waals surface area contributed by atoms with Gasteiger partial charge in [-0.3, -0.25) is 0 Å². The minimum absolute atomic E-state index is 0.565. The van der Waals surface area contributed by atoms with Crippen molar-refractivity contribution in [2.24, 2.45) is 0 Å². The summed E-state index contributed by atoms with van der Waals surface area (Å²) in [5, 5.41) is 2.71. The lowest BCUT2D eigenvalue weighted by atomic mass is 10.2. The standard InChI is InChI=1S/C9H6BrClO2S/c1-14(12,13)5-4-7-2-3-9(11)8(10)6-7/h2-3,6H,1H3. The van der Waals surface area contributed by atoms with E-state index in [1.807, 2.05) is 0 Å². The van der Waals surface area contributed by atoms with E-state index in [4.69, 9.17) is 11.6 Å². The molecule has 0 aliphatic heterocycles. The van der Waals surface area contributed by atoms with Crippen LogP contribution in [-0.2, 0) is 9.84 Å². The highest BCUT2D eigenvalue weighted by Gasteiger charge is 1.97. The molecule has 0 N–H and O–H groups in total. The first-order chi connectivity index (χ1) is 6.38. The van der Waals surface area contributed by atoms with E-state index in [2.05, 4.69) is 27.1 Å². The first-order valence-electron chi connectivity index (χ1n) is 3.56. The molecule has 0 atom stereocenters. The van der Waals surface area contributed by atoms with E-state index in [1.165, 1.54) is 0 Å². The SMILES string of the molecule is CS(=O)(=O)C#Cc1ccc(Cl)c(Br)c1. The maximum Gasteiger partial charge on any atom is 0.214 e. The van der Waals surface area contributed by atoms with Crippen LogP contribution >= 0.6 is 27.5 Å². The van der Waals surface area contributed by atoms with Crippen LogP contribution in [0.25, 0.3) is 0 Å². The van der Waals surface area contributed by atoms with Gasteiger partial charge in [0.05, 0.1) is 11.3 Å². The summed E-state index contributed by atoms with van der Waals surface area (Å²) < 4.78 is 22.2.